The van der Waals surface area contributed by atoms with Gasteiger partial charge in [-0.2, -0.15) is 0 Å². The van der Waals surface area contributed by atoms with Crippen molar-refractivity contribution in [2.45, 2.75) is 0 Å². The molecule has 0 bridgehead atoms. The van der Waals surface area contributed by atoms with Gasteiger partial charge < -0.3 is 0 Å². The third-order valence-electron chi connectivity index (χ3n) is 8.19. The van der Waals surface area contributed by atoms with Gasteiger partial charge in [0.15, 0.2) is 0 Å². The summed E-state index contributed by atoms with van der Waals surface area (Å²) in [5.74, 6) is 0. The molecule has 0 aliphatic rings. The second-order valence-corrected chi connectivity index (χ2v) is 10.6. The van der Waals surface area contributed by atoms with Crippen LogP contribution in [-0.4, -0.2) is 9.97 Å². The molecule has 0 N–H and O–H groups in total. The van der Waals surface area contributed by atoms with E-state index < -0.39 is 0 Å². The van der Waals surface area contributed by atoms with Crippen molar-refractivity contribution < 1.29 is 0 Å². The molecule has 2 heterocycles. The summed E-state index contributed by atoms with van der Waals surface area (Å²) in [5.41, 5.74) is 10.6. The van der Waals surface area contributed by atoms with E-state index in [1.54, 1.807) is 0 Å². The van der Waals surface area contributed by atoms with Crippen LogP contribution in [0, 0.1) is 0 Å². The van der Waals surface area contributed by atoms with Crippen LogP contribution in [0.3, 0.4) is 0 Å². The quantitative estimate of drug-likeness (QED) is 0.166. The van der Waals surface area contributed by atoms with E-state index in [4.69, 9.17) is 4.98 Å². The molecule has 0 spiro atoms. The van der Waals surface area contributed by atoms with E-state index >= 15 is 0 Å². The number of nitrogens with zero attached hydrogens (tertiary/aromatic N) is 2. The molecule has 42 heavy (non-hydrogen) atoms. The molecule has 2 nitrogen and oxygen atoms in total. The zero-order chi connectivity index (χ0) is 27.9. The first-order chi connectivity index (χ1) is 20.8. The predicted octanol–water partition coefficient (Wildman–Crippen LogP) is 10.6. The van der Waals surface area contributed by atoms with E-state index in [9.17, 15) is 0 Å². The number of benzene rings is 6. The number of hydrogen-bond donors (Lipinski definition) is 0. The lowest BCUT2D eigenvalue weighted by atomic mass is 9.84. The van der Waals surface area contributed by atoms with Crippen LogP contribution in [-0.2, 0) is 0 Å². The van der Waals surface area contributed by atoms with E-state index in [1.165, 1.54) is 60.5 Å². The molecule has 0 unspecified atom stereocenters. The maximum Gasteiger partial charge on any atom is 0.0786 e. The van der Waals surface area contributed by atoms with Crippen molar-refractivity contribution in [3.05, 3.63) is 158 Å². The second-order valence-electron chi connectivity index (χ2n) is 10.6. The first-order valence-corrected chi connectivity index (χ1v) is 14.2. The summed E-state index contributed by atoms with van der Waals surface area (Å²) in [6.07, 6.45) is 5.60. The van der Waals surface area contributed by atoms with Gasteiger partial charge in [0.1, 0.15) is 0 Å². The molecule has 0 radical (unpaired) electrons. The fraction of sp³-hybridized carbons (Fsp3) is 0. The molecule has 2 aromatic heterocycles. The lowest BCUT2D eigenvalue weighted by molar-refractivity contribution is 1.33. The molecule has 0 fully saturated rings. The second kappa shape index (κ2) is 10.1. The maximum atomic E-state index is 4.94. The van der Waals surface area contributed by atoms with Gasteiger partial charge in [0.05, 0.1) is 5.52 Å². The standard InChI is InChI=1S/C40H26N2/c1-3-9-28(10-4-1)37-35-19-16-30-15-8-22-42-40(30)39(35)38(29-11-5-2-6-12-29)34-18-17-33(26-36(34)37)32-14-7-13-31(25-32)27-20-23-41-24-21-27/h1-26H. The minimum absolute atomic E-state index is 1.03. The van der Waals surface area contributed by atoms with E-state index in [2.05, 4.69) is 138 Å². The van der Waals surface area contributed by atoms with Crippen molar-refractivity contribution in [2.75, 3.05) is 0 Å². The van der Waals surface area contributed by atoms with Gasteiger partial charge in [-0.15, -0.1) is 0 Å². The monoisotopic (exact) mass is 534 g/mol. The van der Waals surface area contributed by atoms with E-state index in [1.807, 2.05) is 24.7 Å². The molecule has 0 aliphatic heterocycles. The largest absolute Gasteiger partial charge is 0.265 e. The van der Waals surface area contributed by atoms with Crippen LogP contribution >= 0.6 is 0 Å². The molecule has 0 saturated heterocycles. The number of fused-ring (bicyclic) bond motifs is 4. The Kier molecular flexibility index (Phi) is 5.82. The van der Waals surface area contributed by atoms with Gasteiger partial charge >= 0.3 is 0 Å². The average Bonchev–Trinajstić information content (AvgIpc) is 3.08. The van der Waals surface area contributed by atoms with Gasteiger partial charge in [0.25, 0.3) is 0 Å². The smallest absolute Gasteiger partial charge is 0.0786 e. The Morgan fingerprint density at radius 2 is 1.00 bits per heavy atom. The predicted molar refractivity (Wildman–Crippen MR) is 176 cm³/mol. The molecule has 0 saturated carbocycles. The van der Waals surface area contributed by atoms with Crippen LogP contribution in [0.2, 0.25) is 0 Å². The highest BCUT2D eigenvalue weighted by Crippen LogP contribution is 2.46. The molecule has 2 heteroatoms. The minimum Gasteiger partial charge on any atom is -0.265 e. The van der Waals surface area contributed by atoms with Gasteiger partial charge in [-0.3, -0.25) is 9.97 Å². The van der Waals surface area contributed by atoms with Crippen molar-refractivity contribution in [1.82, 2.24) is 9.97 Å². The van der Waals surface area contributed by atoms with E-state index in [-0.39, 0.29) is 0 Å². The molecule has 8 rings (SSSR count). The van der Waals surface area contributed by atoms with Crippen molar-refractivity contribution in [2.24, 2.45) is 0 Å². The van der Waals surface area contributed by atoms with Gasteiger partial charge in [-0.05, 0) is 91.0 Å². The summed E-state index contributed by atoms with van der Waals surface area (Å²) in [4.78, 5) is 9.13. The van der Waals surface area contributed by atoms with Crippen LogP contribution in [0.15, 0.2) is 158 Å². The first kappa shape index (κ1) is 24.2. The lowest BCUT2D eigenvalue weighted by Crippen LogP contribution is -1.93. The molecule has 196 valence electrons. The lowest BCUT2D eigenvalue weighted by Gasteiger charge is -2.20. The number of hydrogen-bond acceptors (Lipinski definition) is 2. The summed E-state index contributed by atoms with van der Waals surface area (Å²) < 4.78 is 0. The van der Waals surface area contributed by atoms with Crippen molar-refractivity contribution in [3.63, 3.8) is 0 Å². The number of aromatic nitrogens is 2. The minimum atomic E-state index is 1.03. The van der Waals surface area contributed by atoms with Crippen LogP contribution in [0.25, 0.3) is 77.0 Å². The van der Waals surface area contributed by atoms with Gasteiger partial charge in [-0.1, -0.05) is 109 Å². The maximum absolute atomic E-state index is 4.94. The summed E-state index contributed by atoms with van der Waals surface area (Å²) >= 11 is 0. The Bertz CT molecular complexity index is 2220. The molecular weight excluding hydrogens is 508 g/mol. The van der Waals surface area contributed by atoms with E-state index in [0.29, 0.717) is 0 Å². The Balaban J connectivity index is 1.50. The van der Waals surface area contributed by atoms with Gasteiger partial charge in [0.2, 0.25) is 0 Å². The zero-order valence-corrected chi connectivity index (χ0v) is 22.9. The Hall–Kier alpha value is -5.60. The van der Waals surface area contributed by atoms with Gasteiger partial charge in [0, 0.05) is 29.4 Å². The summed E-state index contributed by atoms with van der Waals surface area (Å²) in [5, 5.41) is 6.00. The molecule has 0 atom stereocenters. The molecule has 6 aromatic carbocycles. The summed E-state index contributed by atoms with van der Waals surface area (Å²) in [6.45, 7) is 0. The normalized spacial score (nSPS) is 11.3. The highest BCUT2D eigenvalue weighted by molar-refractivity contribution is 6.27. The van der Waals surface area contributed by atoms with Crippen LogP contribution in [0.1, 0.15) is 0 Å². The SMILES string of the molecule is c1ccc(-c2c3cc(-c4cccc(-c5ccncc5)c4)ccc3c(-c3ccccc3)c3c2ccc2cccnc23)cc1. The Morgan fingerprint density at radius 3 is 1.76 bits per heavy atom. The van der Waals surface area contributed by atoms with Gasteiger partial charge in [-0.25, -0.2) is 0 Å². The average molecular weight is 535 g/mol. The van der Waals surface area contributed by atoms with Crippen molar-refractivity contribution in [1.29, 1.82) is 0 Å². The molecule has 0 amide bonds. The first-order valence-electron chi connectivity index (χ1n) is 14.2. The Morgan fingerprint density at radius 1 is 0.357 bits per heavy atom. The van der Waals surface area contributed by atoms with Crippen molar-refractivity contribution >= 4 is 32.4 Å². The third kappa shape index (κ3) is 4.05. The van der Waals surface area contributed by atoms with Crippen LogP contribution in [0.4, 0.5) is 0 Å². The summed E-state index contributed by atoms with van der Waals surface area (Å²) in [7, 11) is 0. The fourth-order valence-corrected chi connectivity index (χ4v) is 6.28. The zero-order valence-electron chi connectivity index (χ0n) is 22.9. The van der Waals surface area contributed by atoms with Crippen molar-refractivity contribution in [3.8, 4) is 44.5 Å². The molecule has 8 aromatic rings. The van der Waals surface area contributed by atoms with Crippen LogP contribution < -0.4 is 0 Å². The highest BCUT2D eigenvalue weighted by atomic mass is 14.6. The third-order valence-corrected chi connectivity index (χ3v) is 8.19. The van der Waals surface area contributed by atoms with Crippen LogP contribution in [0.5, 0.6) is 0 Å². The number of pyridine rings is 2. The van der Waals surface area contributed by atoms with E-state index in [0.717, 1.165) is 16.5 Å². The molecule has 0 aliphatic carbocycles. The topological polar surface area (TPSA) is 25.8 Å². The summed E-state index contributed by atoms with van der Waals surface area (Å²) in [6, 6.07) is 50.0. The number of rotatable bonds is 4. The Labute approximate surface area is 244 Å². The fourth-order valence-electron chi connectivity index (χ4n) is 6.28. The highest BCUT2D eigenvalue weighted by Gasteiger charge is 2.19. The molecular formula is C40H26N2.